The van der Waals surface area contributed by atoms with E-state index < -0.39 is 18.0 Å². The van der Waals surface area contributed by atoms with Gasteiger partial charge in [-0.2, -0.15) is 10.2 Å². The molecule has 1 fully saturated rings. The van der Waals surface area contributed by atoms with Crippen molar-refractivity contribution in [2.24, 2.45) is 10.2 Å². The topological polar surface area (TPSA) is 24.7 Å². The Kier molecular flexibility index (Phi) is 0.761. The van der Waals surface area contributed by atoms with Crippen LogP contribution in [0.25, 0.3) is 0 Å². The molecule has 0 N–H and O–H groups in total. The average Bonchev–Trinajstić information content (AvgIpc) is 2.24. The first kappa shape index (κ1) is 5.26. The van der Waals surface area contributed by atoms with Crippen molar-refractivity contribution in [3.05, 3.63) is 0 Å². The molecule has 4 heteroatoms. The van der Waals surface area contributed by atoms with Crippen molar-refractivity contribution in [2.45, 2.75) is 30.8 Å². The number of alkyl halides is 2. The van der Waals surface area contributed by atoms with Crippen molar-refractivity contribution in [3.63, 3.8) is 0 Å². The number of hydrogen-bond acceptors (Lipinski definition) is 2. The molecule has 1 heterocycles. The summed E-state index contributed by atoms with van der Waals surface area (Å²) >= 11 is 0. The van der Waals surface area contributed by atoms with Crippen molar-refractivity contribution < 1.29 is 8.78 Å². The molecule has 0 amide bonds. The molecule has 1 saturated carbocycles. The standard InChI is InChI=1S/C5H6F2N2/c6-5(7)3-1-2-4(5)9-8-3/h3-4H,1-2H2. The van der Waals surface area contributed by atoms with Crippen LogP contribution in [0.3, 0.4) is 0 Å². The fraction of sp³-hybridized carbons (Fsp3) is 1.00. The number of hydrogen-bond donors (Lipinski definition) is 0. The second-order valence-electron chi connectivity index (χ2n) is 2.51. The second-order valence-corrected chi connectivity index (χ2v) is 2.51. The smallest absolute Gasteiger partial charge is 0.202 e. The SMILES string of the molecule is FC1(F)C2CCC1N=N2. The van der Waals surface area contributed by atoms with Crippen LogP contribution >= 0.6 is 0 Å². The maximum Gasteiger partial charge on any atom is 0.295 e. The van der Waals surface area contributed by atoms with Crippen LogP contribution in [0.4, 0.5) is 8.78 Å². The Bertz CT molecular complexity index is 150. The monoisotopic (exact) mass is 132 g/mol. The third-order valence-corrected chi connectivity index (χ3v) is 1.95. The van der Waals surface area contributed by atoms with Gasteiger partial charge in [0.2, 0.25) is 0 Å². The summed E-state index contributed by atoms with van der Waals surface area (Å²) in [6.07, 6.45) is 1.03. The summed E-state index contributed by atoms with van der Waals surface area (Å²) in [5.41, 5.74) is 0. The van der Waals surface area contributed by atoms with Gasteiger partial charge in [0.25, 0.3) is 5.92 Å². The van der Waals surface area contributed by atoms with E-state index in [4.69, 9.17) is 0 Å². The largest absolute Gasteiger partial charge is 0.295 e. The zero-order valence-corrected chi connectivity index (χ0v) is 4.72. The van der Waals surface area contributed by atoms with Crippen molar-refractivity contribution in [1.82, 2.24) is 0 Å². The van der Waals surface area contributed by atoms with Crippen LogP contribution in [0, 0.1) is 0 Å². The number of halogens is 2. The highest BCUT2D eigenvalue weighted by Gasteiger charge is 2.56. The molecule has 1 aliphatic carbocycles. The summed E-state index contributed by atoms with van der Waals surface area (Å²) in [5, 5.41) is 6.86. The first-order valence-corrected chi connectivity index (χ1v) is 2.99. The summed E-state index contributed by atoms with van der Waals surface area (Å²) in [7, 11) is 0. The first-order chi connectivity index (χ1) is 4.21. The number of nitrogens with zero attached hydrogens (tertiary/aromatic N) is 2. The van der Waals surface area contributed by atoms with E-state index in [9.17, 15) is 8.78 Å². The summed E-state index contributed by atoms with van der Waals surface area (Å²) in [5.74, 6) is -2.61. The van der Waals surface area contributed by atoms with Crippen LogP contribution in [-0.2, 0) is 0 Å². The van der Waals surface area contributed by atoms with Crippen molar-refractivity contribution >= 4 is 0 Å². The zero-order chi connectivity index (χ0) is 6.48. The Balaban J connectivity index is 2.35. The van der Waals surface area contributed by atoms with Crippen molar-refractivity contribution in [3.8, 4) is 0 Å². The summed E-state index contributed by atoms with van der Waals surface area (Å²) < 4.78 is 25.2. The molecule has 2 nitrogen and oxygen atoms in total. The van der Waals surface area contributed by atoms with E-state index in [0.29, 0.717) is 12.8 Å². The maximum atomic E-state index is 12.6. The molecule has 2 bridgehead atoms. The van der Waals surface area contributed by atoms with Crippen LogP contribution < -0.4 is 0 Å². The molecule has 2 aliphatic rings. The predicted octanol–water partition coefficient (Wildman–Crippen LogP) is 1.62. The van der Waals surface area contributed by atoms with Gasteiger partial charge in [-0.3, -0.25) is 0 Å². The predicted molar refractivity (Wildman–Crippen MR) is 26.6 cm³/mol. The van der Waals surface area contributed by atoms with Crippen LogP contribution in [0.15, 0.2) is 10.2 Å². The van der Waals surface area contributed by atoms with Gasteiger partial charge in [0.05, 0.1) is 0 Å². The maximum absolute atomic E-state index is 12.6. The average molecular weight is 132 g/mol. The van der Waals surface area contributed by atoms with E-state index in [2.05, 4.69) is 10.2 Å². The Labute approximate surface area is 51.0 Å². The summed E-state index contributed by atoms with van der Waals surface area (Å²) in [6, 6.07) is -1.58. The van der Waals surface area contributed by atoms with E-state index in [1.54, 1.807) is 0 Å². The van der Waals surface area contributed by atoms with Gasteiger partial charge in [-0.15, -0.1) is 0 Å². The molecule has 0 radical (unpaired) electrons. The lowest BCUT2D eigenvalue weighted by Gasteiger charge is -2.09. The molecular weight excluding hydrogens is 126 g/mol. The van der Waals surface area contributed by atoms with Gasteiger partial charge in [-0.25, -0.2) is 8.78 Å². The van der Waals surface area contributed by atoms with Gasteiger partial charge in [0, 0.05) is 0 Å². The molecule has 0 spiro atoms. The molecule has 2 rings (SSSR count). The van der Waals surface area contributed by atoms with E-state index in [-0.39, 0.29) is 0 Å². The quantitative estimate of drug-likeness (QED) is 0.478. The minimum atomic E-state index is -2.61. The Morgan fingerprint density at radius 3 is 1.67 bits per heavy atom. The highest BCUT2D eigenvalue weighted by Crippen LogP contribution is 2.44. The van der Waals surface area contributed by atoms with Crippen molar-refractivity contribution in [1.29, 1.82) is 0 Å². The van der Waals surface area contributed by atoms with Crippen LogP contribution in [0.2, 0.25) is 0 Å². The number of fused-ring (bicyclic) bond motifs is 2. The lowest BCUT2D eigenvalue weighted by Crippen LogP contribution is -2.29. The lowest BCUT2D eigenvalue weighted by atomic mass is 10.2. The molecular formula is C5H6F2N2. The van der Waals surface area contributed by atoms with E-state index in [0.717, 1.165) is 0 Å². The van der Waals surface area contributed by atoms with Crippen LogP contribution in [-0.4, -0.2) is 18.0 Å². The van der Waals surface area contributed by atoms with Gasteiger partial charge < -0.3 is 0 Å². The molecule has 0 saturated heterocycles. The number of azo groups is 1. The van der Waals surface area contributed by atoms with Gasteiger partial charge in [-0.05, 0) is 12.8 Å². The number of rotatable bonds is 0. The molecule has 1 aliphatic heterocycles. The van der Waals surface area contributed by atoms with Crippen LogP contribution in [0.5, 0.6) is 0 Å². The van der Waals surface area contributed by atoms with Gasteiger partial charge in [0.15, 0.2) is 0 Å². The highest BCUT2D eigenvalue weighted by molar-refractivity contribution is 5.03. The molecule has 50 valence electrons. The molecule has 0 aromatic rings. The molecule has 0 aromatic carbocycles. The van der Waals surface area contributed by atoms with E-state index in [1.807, 2.05) is 0 Å². The molecule has 2 unspecified atom stereocenters. The minimum Gasteiger partial charge on any atom is -0.202 e. The molecule has 9 heavy (non-hydrogen) atoms. The normalized spacial score (nSPS) is 44.2. The first-order valence-electron chi connectivity index (χ1n) is 2.99. The Morgan fingerprint density at radius 2 is 1.56 bits per heavy atom. The highest BCUT2D eigenvalue weighted by atomic mass is 19.3. The third-order valence-electron chi connectivity index (χ3n) is 1.95. The molecule has 0 aromatic heterocycles. The molecule has 2 atom stereocenters. The zero-order valence-electron chi connectivity index (χ0n) is 4.72. The second kappa shape index (κ2) is 1.30. The van der Waals surface area contributed by atoms with Gasteiger partial charge in [-0.1, -0.05) is 0 Å². The summed E-state index contributed by atoms with van der Waals surface area (Å²) in [6.45, 7) is 0. The van der Waals surface area contributed by atoms with Crippen molar-refractivity contribution in [2.75, 3.05) is 0 Å². The van der Waals surface area contributed by atoms with E-state index >= 15 is 0 Å². The summed E-state index contributed by atoms with van der Waals surface area (Å²) in [4.78, 5) is 0. The Hall–Kier alpha value is -0.540. The Morgan fingerprint density at radius 1 is 1.11 bits per heavy atom. The third kappa shape index (κ3) is 0.483. The van der Waals surface area contributed by atoms with E-state index in [1.165, 1.54) is 0 Å². The fourth-order valence-electron chi connectivity index (χ4n) is 1.35. The van der Waals surface area contributed by atoms with Gasteiger partial charge >= 0.3 is 0 Å². The lowest BCUT2D eigenvalue weighted by molar-refractivity contribution is -0.00330. The van der Waals surface area contributed by atoms with Gasteiger partial charge in [0.1, 0.15) is 12.1 Å². The fourth-order valence-corrected chi connectivity index (χ4v) is 1.35. The van der Waals surface area contributed by atoms with Crippen LogP contribution in [0.1, 0.15) is 12.8 Å². The minimum absolute atomic E-state index is 0.515.